The fraction of sp³-hybridized carbons (Fsp3) is 0.929. The summed E-state index contributed by atoms with van der Waals surface area (Å²) in [6.07, 6.45) is 8.64. The zero-order valence-electron chi connectivity index (χ0n) is 11.2. The van der Waals surface area contributed by atoms with Gasteiger partial charge in [-0.15, -0.1) is 0 Å². The molecule has 1 saturated carbocycles. The van der Waals surface area contributed by atoms with Crippen LogP contribution in [0.1, 0.15) is 44.9 Å². The monoisotopic (exact) mass is 251 g/mol. The van der Waals surface area contributed by atoms with Crippen LogP contribution in [-0.2, 0) is 0 Å². The Labute approximate surface area is 110 Å². The van der Waals surface area contributed by atoms with Crippen molar-refractivity contribution in [2.24, 2.45) is 0 Å². The summed E-state index contributed by atoms with van der Waals surface area (Å²) in [7, 11) is 0. The van der Waals surface area contributed by atoms with Crippen LogP contribution in [-0.4, -0.2) is 54.1 Å². The van der Waals surface area contributed by atoms with Crippen LogP contribution in [0.25, 0.3) is 0 Å². The lowest BCUT2D eigenvalue weighted by Gasteiger charge is -2.33. The van der Waals surface area contributed by atoms with E-state index in [0.29, 0.717) is 18.1 Å². The quantitative estimate of drug-likeness (QED) is 0.830. The van der Waals surface area contributed by atoms with Crippen LogP contribution in [0, 0.1) is 0 Å². The molecule has 1 N–H and O–H groups in total. The van der Waals surface area contributed by atoms with Crippen LogP contribution in [0.4, 0.5) is 4.79 Å². The van der Waals surface area contributed by atoms with Gasteiger partial charge in [0.05, 0.1) is 0 Å². The molecule has 2 saturated heterocycles. The second-order valence-electron chi connectivity index (χ2n) is 6.01. The second-order valence-corrected chi connectivity index (χ2v) is 6.01. The Morgan fingerprint density at radius 2 is 1.89 bits per heavy atom. The van der Waals surface area contributed by atoms with Crippen molar-refractivity contribution in [3.8, 4) is 0 Å². The Morgan fingerprint density at radius 1 is 1.11 bits per heavy atom. The third-order valence-corrected chi connectivity index (χ3v) is 4.44. The molecule has 0 aromatic rings. The van der Waals surface area contributed by atoms with Gasteiger partial charge in [0, 0.05) is 31.7 Å². The van der Waals surface area contributed by atoms with E-state index in [9.17, 15) is 4.79 Å². The average Bonchev–Trinajstić information content (AvgIpc) is 3.10. The Balaban J connectivity index is 1.58. The van der Waals surface area contributed by atoms with Crippen LogP contribution in [0.3, 0.4) is 0 Å². The Hall–Kier alpha value is -0.770. The topological polar surface area (TPSA) is 35.6 Å². The minimum Gasteiger partial charge on any atom is -0.325 e. The van der Waals surface area contributed by atoms with Gasteiger partial charge in [0.25, 0.3) is 0 Å². The van der Waals surface area contributed by atoms with E-state index in [2.05, 4.69) is 15.1 Å². The van der Waals surface area contributed by atoms with E-state index >= 15 is 0 Å². The third-order valence-electron chi connectivity index (χ3n) is 4.44. The van der Waals surface area contributed by atoms with Crippen molar-refractivity contribution < 1.29 is 4.79 Å². The SMILES string of the molecule is O=C(N1CCCC1)N(CC1CCCCN1)C1CC1. The zero-order valence-corrected chi connectivity index (χ0v) is 11.2. The van der Waals surface area contributed by atoms with Crippen molar-refractivity contribution >= 4 is 6.03 Å². The summed E-state index contributed by atoms with van der Waals surface area (Å²) in [5.74, 6) is 0. The van der Waals surface area contributed by atoms with Gasteiger partial charge in [-0.25, -0.2) is 4.79 Å². The first-order valence-corrected chi connectivity index (χ1v) is 7.63. The minimum absolute atomic E-state index is 0.308. The lowest BCUT2D eigenvalue weighted by Crippen LogP contribution is -2.50. The Kier molecular flexibility index (Phi) is 3.73. The maximum atomic E-state index is 12.5. The number of amides is 2. The molecule has 1 unspecified atom stereocenters. The molecule has 2 aliphatic heterocycles. The summed E-state index contributed by atoms with van der Waals surface area (Å²) in [6.45, 7) is 4.00. The van der Waals surface area contributed by atoms with Gasteiger partial charge in [-0.3, -0.25) is 0 Å². The predicted molar refractivity (Wildman–Crippen MR) is 71.6 cm³/mol. The molecular weight excluding hydrogens is 226 g/mol. The van der Waals surface area contributed by atoms with Gasteiger partial charge >= 0.3 is 6.03 Å². The van der Waals surface area contributed by atoms with E-state index in [-0.39, 0.29) is 0 Å². The molecule has 0 radical (unpaired) electrons. The Bertz CT molecular complexity index is 291. The fourth-order valence-electron chi connectivity index (χ4n) is 3.18. The van der Waals surface area contributed by atoms with Crippen LogP contribution in [0.15, 0.2) is 0 Å². The van der Waals surface area contributed by atoms with E-state index in [0.717, 1.165) is 26.2 Å². The molecule has 1 aliphatic carbocycles. The van der Waals surface area contributed by atoms with Crippen molar-refractivity contribution in [1.82, 2.24) is 15.1 Å². The maximum absolute atomic E-state index is 12.5. The molecule has 0 bridgehead atoms. The van der Waals surface area contributed by atoms with Gasteiger partial charge in [-0.05, 0) is 45.1 Å². The van der Waals surface area contributed by atoms with Crippen molar-refractivity contribution in [3.63, 3.8) is 0 Å². The molecule has 0 aromatic heterocycles. The standard InChI is InChI=1S/C14H25N3O/c18-14(16-9-3-4-10-16)17(13-6-7-13)11-12-5-1-2-8-15-12/h12-13,15H,1-11H2. The normalized spacial score (nSPS) is 28.4. The molecule has 2 heterocycles. The number of hydrogen-bond acceptors (Lipinski definition) is 2. The van der Waals surface area contributed by atoms with Crippen molar-refractivity contribution in [1.29, 1.82) is 0 Å². The number of piperidine rings is 1. The first-order chi connectivity index (χ1) is 8.84. The molecule has 2 amide bonds. The van der Waals surface area contributed by atoms with E-state index in [1.54, 1.807) is 0 Å². The number of hydrogen-bond donors (Lipinski definition) is 1. The molecule has 1 atom stereocenters. The highest BCUT2D eigenvalue weighted by atomic mass is 16.2. The van der Waals surface area contributed by atoms with Crippen molar-refractivity contribution in [2.75, 3.05) is 26.2 Å². The molecule has 18 heavy (non-hydrogen) atoms. The van der Waals surface area contributed by atoms with Gasteiger partial charge in [0.2, 0.25) is 0 Å². The van der Waals surface area contributed by atoms with Crippen molar-refractivity contribution in [2.45, 2.75) is 57.0 Å². The number of nitrogens with zero attached hydrogens (tertiary/aromatic N) is 2. The third kappa shape index (κ3) is 2.79. The van der Waals surface area contributed by atoms with Gasteiger partial charge in [0.1, 0.15) is 0 Å². The molecule has 4 heteroatoms. The highest BCUT2D eigenvalue weighted by Crippen LogP contribution is 2.29. The summed E-state index contributed by atoms with van der Waals surface area (Å²) in [5, 5.41) is 3.57. The largest absolute Gasteiger partial charge is 0.325 e. The summed E-state index contributed by atoms with van der Waals surface area (Å²) in [5.41, 5.74) is 0. The molecule has 0 aromatic carbocycles. The molecular formula is C14H25N3O. The van der Waals surface area contributed by atoms with E-state index in [1.807, 2.05) is 0 Å². The highest BCUT2D eigenvalue weighted by Gasteiger charge is 2.36. The number of carbonyl (C=O) groups is 1. The maximum Gasteiger partial charge on any atom is 0.320 e. The molecule has 0 spiro atoms. The number of urea groups is 1. The molecule has 4 nitrogen and oxygen atoms in total. The summed E-state index contributed by atoms with van der Waals surface area (Å²) in [6, 6.07) is 1.38. The fourth-order valence-corrected chi connectivity index (χ4v) is 3.18. The summed E-state index contributed by atoms with van der Waals surface area (Å²) >= 11 is 0. The van der Waals surface area contributed by atoms with E-state index in [1.165, 1.54) is 44.9 Å². The Morgan fingerprint density at radius 3 is 2.50 bits per heavy atom. The number of rotatable bonds is 3. The first kappa shape index (κ1) is 12.3. The molecule has 3 fully saturated rings. The number of nitrogens with one attached hydrogen (secondary N) is 1. The van der Waals surface area contributed by atoms with E-state index < -0.39 is 0 Å². The zero-order chi connectivity index (χ0) is 12.4. The van der Waals surface area contributed by atoms with Crippen LogP contribution in [0.5, 0.6) is 0 Å². The van der Waals surface area contributed by atoms with Gasteiger partial charge in [0.15, 0.2) is 0 Å². The lowest BCUT2D eigenvalue weighted by atomic mass is 10.0. The first-order valence-electron chi connectivity index (χ1n) is 7.63. The minimum atomic E-state index is 0.308. The lowest BCUT2D eigenvalue weighted by molar-refractivity contribution is 0.150. The van der Waals surface area contributed by atoms with E-state index in [4.69, 9.17) is 0 Å². The number of carbonyl (C=O) groups excluding carboxylic acids is 1. The molecule has 3 aliphatic rings. The van der Waals surface area contributed by atoms with Crippen LogP contribution in [0.2, 0.25) is 0 Å². The summed E-state index contributed by atoms with van der Waals surface area (Å²) in [4.78, 5) is 16.7. The van der Waals surface area contributed by atoms with Gasteiger partial charge in [-0.1, -0.05) is 6.42 Å². The van der Waals surface area contributed by atoms with Crippen molar-refractivity contribution in [3.05, 3.63) is 0 Å². The van der Waals surface area contributed by atoms with Crippen LogP contribution >= 0.6 is 0 Å². The molecule has 3 rings (SSSR count). The predicted octanol–water partition coefficient (Wildman–Crippen LogP) is 1.81. The van der Waals surface area contributed by atoms with Crippen LogP contribution < -0.4 is 5.32 Å². The number of likely N-dealkylation sites (tertiary alicyclic amines) is 1. The smallest absolute Gasteiger partial charge is 0.320 e. The molecule has 102 valence electrons. The van der Waals surface area contributed by atoms with Gasteiger partial charge in [-0.2, -0.15) is 0 Å². The van der Waals surface area contributed by atoms with Gasteiger partial charge < -0.3 is 15.1 Å². The second kappa shape index (κ2) is 5.47. The summed E-state index contributed by atoms with van der Waals surface area (Å²) < 4.78 is 0. The average molecular weight is 251 g/mol. The highest BCUT2D eigenvalue weighted by molar-refractivity contribution is 5.75.